The molecule has 0 aliphatic heterocycles. The van der Waals surface area contributed by atoms with Gasteiger partial charge >= 0.3 is 0 Å². The van der Waals surface area contributed by atoms with Crippen LogP contribution >= 0.6 is 0 Å². The maximum Gasteiger partial charge on any atom is 0.142 e. The predicted molar refractivity (Wildman–Crippen MR) is 55.7 cm³/mol. The standard InChI is InChI=1S/C10H10BN3/c1-8-12-5-6-14(8)7-9-3-2-4-13-10(9)11/h2-6H,7H2,1H3. The number of aromatic nitrogens is 3. The van der Waals surface area contributed by atoms with Gasteiger partial charge in [-0.25, -0.2) is 4.98 Å². The molecule has 0 aliphatic rings. The fraction of sp³-hybridized carbons (Fsp3) is 0.200. The van der Waals surface area contributed by atoms with Gasteiger partial charge in [0.15, 0.2) is 0 Å². The molecule has 0 N–H and O–H groups in total. The summed E-state index contributed by atoms with van der Waals surface area (Å²) in [7, 11) is 5.74. The Hall–Kier alpha value is -1.58. The third-order valence-corrected chi connectivity index (χ3v) is 2.19. The Kier molecular flexibility index (Phi) is 2.35. The predicted octanol–water partition coefficient (Wildman–Crippen LogP) is 0.429. The Morgan fingerprint density at radius 1 is 1.36 bits per heavy atom. The Labute approximate surface area is 84.2 Å². The summed E-state index contributed by atoms with van der Waals surface area (Å²) in [4.78, 5) is 8.18. The molecule has 0 amide bonds. The molecule has 0 unspecified atom stereocenters. The molecule has 0 aliphatic carbocycles. The molecule has 0 bridgehead atoms. The lowest BCUT2D eigenvalue weighted by atomic mass is 9.97. The molecule has 0 spiro atoms. The van der Waals surface area contributed by atoms with E-state index in [2.05, 4.69) is 9.97 Å². The van der Waals surface area contributed by atoms with Crippen molar-refractivity contribution < 1.29 is 0 Å². The topological polar surface area (TPSA) is 30.7 Å². The summed E-state index contributed by atoms with van der Waals surface area (Å²) in [5.74, 6) is 0.980. The van der Waals surface area contributed by atoms with Crippen molar-refractivity contribution in [2.24, 2.45) is 0 Å². The third-order valence-electron chi connectivity index (χ3n) is 2.19. The molecule has 2 rings (SSSR count). The first-order valence-corrected chi connectivity index (χ1v) is 4.44. The SMILES string of the molecule is [B]c1ncccc1Cn1ccnc1C. The fourth-order valence-corrected chi connectivity index (χ4v) is 1.34. The minimum Gasteiger partial charge on any atom is -0.331 e. The lowest BCUT2D eigenvalue weighted by Gasteiger charge is -2.07. The summed E-state index contributed by atoms with van der Waals surface area (Å²) >= 11 is 0. The second-order valence-corrected chi connectivity index (χ2v) is 3.15. The average Bonchev–Trinajstić information content (AvgIpc) is 2.56. The third kappa shape index (κ3) is 1.69. The molecule has 0 fully saturated rings. The van der Waals surface area contributed by atoms with Gasteiger partial charge in [-0.2, -0.15) is 0 Å². The van der Waals surface area contributed by atoms with Crippen molar-refractivity contribution in [3.63, 3.8) is 0 Å². The number of pyridine rings is 1. The largest absolute Gasteiger partial charge is 0.331 e. The van der Waals surface area contributed by atoms with Crippen LogP contribution in [0.4, 0.5) is 0 Å². The van der Waals surface area contributed by atoms with E-state index >= 15 is 0 Å². The van der Waals surface area contributed by atoms with Crippen molar-refractivity contribution in [1.82, 2.24) is 14.5 Å². The normalized spacial score (nSPS) is 10.4. The highest BCUT2D eigenvalue weighted by Gasteiger charge is 2.00. The van der Waals surface area contributed by atoms with E-state index < -0.39 is 0 Å². The minimum absolute atomic E-state index is 0.584. The molecule has 0 saturated carbocycles. The van der Waals surface area contributed by atoms with Crippen LogP contribution in [-0.4, -0.2) is 22.4 Å². The van der Waals surface area contributed by atoms with E-state index in [0.717, 1.165) is 17.9 Å². The molecule has 0 aromatic carbocycles. The Balaban J connectivity index is 2.28. The number of hydrogen-bond acceptors (Lipinski definition) is 2. The van der Waals surface area contributed by atoms with Crippen LogP contribution in [-0.2, 0) is 6.54 Å². The zero-order valence-corrected chi connectivity index (χ0v) is 8.01. The molecule has 4 heteroatoms. The summed E-state index contributed by atoms with van der Waals surface area (Å²) in [6.45, 7) is 2.69. The van der Waals surface area contributed by atoms with Crippen LogP contribution in [0.15, 0.2) is 30.7 Å². The molecule has 3 nitrogen and oxygen atoms in total. The van der Waals surface area contributed by atoms with Crippen molar-refractivity contribution in [3.8, 4) is 0 Å². The van der Waals surface area contributed by atoms with Gasteiger partial charge in [0.25, 0.3) is 0 Å². The highest BCUT2D eigenvalue weighted by atomic mass is 15.0. The Morgan fingerprint density at radius 2 is 2.21 bits per heavy atom. The molecule has 2 radical (unpaired) electrons. The van der Waals surface area contributed by atoms with Gasteiger partial charge in [-0.1, -0.05) is 6.07 Å². The summed E-state index contributed by atoms with van der Waals surface area (Å²) in [6.07, 6.45) is 5.41. The Bertz CT molecular complexity index is 436. The molecular weight excluding hydrogens is 173 g/mol. The maximum atomic E-state index is 5.74. The zero-order valence-electron chi connectivity index (χ0n) is 8.01. The average molecular weight is 183 g/mol. The number of hydrogen-bond donors (Lipinski definition) is 0. The number of rotatable bonds is 2. The van der Waals surface area contributed by atoms with Crippen molar-refractivity contribution >= 4 is 13.4 Å². The molecular formula is C10H10BN3. The molecule has 2 aromatic heterocycles. The summed E-state index contributed by atoms with van der Waals surface area (Å²) in [5, 5.41) is 0. The second kappa shape index (κ2) is 3.66. The minimum atomic E-state index is 0.584. The first kappa shape index (κ1) is 9.00. The molecule has 2 aromatic rings. The number of imidazole rings is 1. The summed E-state index contributed by atoms with van der Waals surface area (Å²) in [6, 6.07) is 3.86. The van der Waals surface area contributed by atoms with E-state index in [4.69, 9.17) is 7.85 Å². The maximum absolute atomic E-state index is 5.74. The van der Waals surface area contributed by atoms with Crippen molar-refractivity contribution in [2.45, 2.75) is 13.5 Å². The van der Waals surface area contributed by atoms with E-state index in [9.17, 15) is 0 Å². The molecule has 0 atom stereocenters. The molecule has 14 heavy (non-hydrogen) atoms. The van der Waals surface area contributed by atoms with Crippen molar-refractivity contribution in [2.75, 3.05) is 0 Å². The number of aryl methyl sites for hydroxylation is 1. The van der Waals surface area contributed by atoms with Gasteiger partial charge in [0.2, 0.25) is 0 Å². The monoisotopic (exact) mass is 183 g/mol. The first-order valence-electron chi connectivity index (χ1n) is 4.44. The van der Waals surface area contributed by atoms with Gasteiger partial charge < -0.3 is 4.57 Å². The van der Waals surface area contributed by atoms with Gasteiger partial charge in [0.1, 0.15) is 13.7 Å². The second-order valence-electron chi connectivity index (χ2n) is 3.15. The molecule has 2 heterocycles. The molecule has 68 valence electrons. The van der Waals surface area contributed by atoms with Crippen LogP contribution in [0, 0.1) is 6.92 Å². The first-order chi connectivity index (χ1) is 6.77. The fourth-order valence-electron chi connectivity index (χ4n) is 1.34. The van der Waals surface area contributed by atoms with Gasteiger partial charge in [-0.3, -0.25) is 4.98 Å². The van der Waals surface area contributed by atoms with Crippen LogP contribution in [0.1, 0.15) is 11.4 Å². The van der Waals surface area contributed by atoms with Crippen LogP contribution < -0.4 is 5.59 Å². The zero-order chi connectivity index (χ0) is 9.97. The van der Waals surface area contributed by atoms with Gasteiger partial charge in [0, 0.05) is 25.1 Å². The van der Waals surface area contributed by atoms with E-state index in [0.29, 0.717) is 5.59 Å². The summed E-state index contributed by atoms with van der Waals surface area (Å²) < 4.78 is 2.04. The highest BCUT2D eigenvalue weighted by molar-refractivity contribution is 6.31. The lowest BCUT2D eigenvalue weighted by Crippen LogP contribution is -2.17. The number of nitrogens with zero attached hydrogens (tertiary/aromatic N) is 3. The summed E-state index contributed by atoms with van der Waals surface area (Å²) in [5.41, 5.74) is 1.61. The lowest BCUT2D eigenvalue weighted by molar-refractivity contribution is 0.763. The van der Waals surface area contributed by atoms with Gasteiger partial charge in [0.05, 0.1) is 0 Å². The van der Waals surface area contributed by atoms with Crippen LogP contribution in [0.2, 0.25) is 0 Å². The van der Waals surface area contributed by atoms with Crippen LogP contribution in [0.25, 0.3) is 0 Å². The van der Waals surface area contributed by atoms with Gasteiger partial charge in [-0.15, -0.1) is 0 Å². The molecule has 0 saturated heterocycles. The van der Waals surface area contributed by atoms with Crippen LogP contribution in [0.5, 0.6) is 0 Å². The van der Waals surface area contributed by atoms with Gasteiger partial charge in [-0.05, 0) is 24.1 Å². The van der Waals surface area contributed by atoms with Crippen LogP contribution in [0.3, 0.4) is 0 Å². The van der Waals surface area contributed by atoms with E-state index in [1.165, 1.54) is 0 Å². The quantitative estimate of drug-likeness (QED) is 0.632. The Morgan fingerprint density at radius 3 is 2.86 bits per heavy atom. The van der Waals surface area contributed by atoms with Crippen molar-refractivity contribution in [1.29, 1.82) is 0 Å². The highest BCUT2D eigenvalue weighted by Crippen LogP contribution is 2.00. The van der Waals surface area contributed by atoms with E-state index in [1.54, 1.807) is 12.4 Å². The van der Waals surface area contributed by atoms with Crippen molar-refractivity contribution in [3.05, 3.63) is 42.1 Å². The smallest absolute Gasteiger partial charge is 0.142 e. The van der Waals surface area contributed by atoms with E-state index in [1.807, 2.05) is 29.8 Å². The van der Waals surface area contributed by atoms with E-state index in [-0.39, 0.29) is 0 Å².